The standard InChI is InChI=1S/C19H22O9S/c1-27-18-6-4-12(9-15(18)21)3-5-14(20)19-16(22)10-13(11-17(19)23)28-7-2-8-29(24,25)26/h4,6,9-11,21-23H,2-3,5,7-8H2,1H3,(H,24,25,26). The monoisotopic (exact) mass is 426 g/mol. The Kier molecular flexibility index (Phi) is 7.29. The van der Waals surface area contributed by atoms with Gasteiger partial charge in [-0.15, -0.1) is 0 Å². The van der Waals surface area contributed by atoms with Crippen molar-refractivity contribution < 1.29 is 42.6 Å². The second-order valence-corrected chi connectivity index (χ2v) is 7.83. The molecule has 0 aliphatic rings. The molecule has 0 saturated heterocycles. The summed E-state index contributed by atoms with van der Waals surface area (Å²) in [6.07, 6.45) is 0.250. The van der Waals surface area contributed by atoms with Crippen molar-refractivity contribution in [2.75, 3.05) is 19.5 Å². The molecule has 0 fully saturated rings. The third-order valence-corrected chi connectivity index (χ3v) is 4.85. The van der Waals surface area contributed by atoms with Crippen LogP contribution in [0.1, 0.15) is 28.8 Å². The van der Waals surface area contributed by atoms with Gasteiger partial charge in [0.25, 0.3) is 10.1 Å². The lowest BCUT2D eigenvalue weighted by atomic mass is 10.0. The van der Waals surface area contributed by atoms with Gasteiger partial charge in [0.15, 0.2) is 17.3 Å². The number of phenolic OH excluding ortho intramolecular Hbond substituents is 3. The van der Waals surface area contributed by atoms with E-state index in [4.69, 9.17) is 14.0 Å². The summed E-state index contributed by atoms with van der Waals surface area (Å²) in [4.78, 5) is 12.4. The molecule has 0 aromatic heterocycles. The Hall–Kier alpha value is -2.98. The van der Waals surface area contributed by atoms with Crippen molar-refractivity contribution in [2.45, 2.75) is 19.3 Å². The first-order valence-electron chi connectivity index (χ1n) is 8.63. The Balaban J connectivity index is 2.00. The SMILES string of the molecule is COc1ccc(CCC(=O)c2c(O)cc(OCCCS(=O)(=O)O)cc2O)cc1O. The van der Waals surface area contributed by atoms with Gasteiger partial charge in [0, 0.05) is 18.6 Å². The molecule has 2 aromatic carbocycles. The topological polar surface area (TPSA) is 151 Å². The number of rotatable bonds is 10. The van der Waals surface area contributed by atoms with Crippen LogP contribution in [0.15, 0.2) is 30.3 Å². The van der Waals surface area contributed by atoms with E-state index in [1.165, 1.54) is 13.2 Å². The predicted molar refractivity (Wildman–Crippen MR) is 104 cm³/mol. The lowest BCUT2D eigenvalue weighted by molar-refractivity contribution is 0.0977. The lowest BCUT2D eigenvalue weighted by Crippen LogP contribution is -2.08. The number of carbonyl (C=O) groups is 1. The molecule has 0 aliphatic carbocycles. The van der Waals surface area contributed by atoms with Gasteiger partial charge in [-0.25, -0.2) is 0 Å². The summed E-state index contributed by atoms with van der Waals surface area (Å²) in [5.41, 5.74) is 0.419. The van der Waals surface area contributed by atoms with Gasteiger partial charge >= 0.3 is 0 Å². The molecule has 0 bridgehead atoms. The molecular formula is C19H22O9S. The number of methoxy groups -OCH3 is 1. The smallest absolute Gasteiger partial charge is 0.264 e. The molecule has 9 nitrogen and oxygen atoms in total. The van der Waals surface area contributed by atoms with Crippen LogP contribution >= 0.6 is 0 Å². The highest BCUT2D eigenvalue weighted by atomic mass is 32.2. The second kappa shape index (κ2) is 9.48. The molecule has 0 atom stereocenters. The lowest BCUT2D eigenvalue weighted by Gasteiger charge is -2.11. The molecule has 0 saturated carbocycles. The molecule has 2 rings (SSSR count). The third kappa shape index (κ3) is 6.54. The van der Waals surface area contributed by atoms with E-state index in [-0.39, 0.29) is 42.9 Å². The minimum atomic E-state index is -4.09. The van der Waals surface area contributed by atoms with Crippen molar-refractivity contribution in [1.82, 2.24) is 0 Å². The van der Waals surface area contributed by atoms with Gasteiger partial charge in [-0.3, -0.25) is 9.35 Å². The number of ketones is 1. The van der Waals surface area contributed by atoms with E-state index >= 15 is 0 Å². The van der Waals surface area contributed by atoms with E-state index in [1.807, 2.05) is 0 Å². The highest BCUT2D eigenvalue weighted by Crippen LogP contribution is 2.34. The third-order valence-electron chi connectivity index (χ3n) is 4.05. The van der Waals surface area contributed by atoms with Crippen LogP contribution < -0.4 is 9.47 Å². The number of benzene rings is 2. The molecule has 0 amide bonds. The minimum absolute atomic E-state index is 0.00967. The second-order valence-electron chi connectivity index (χ2n) is 6.25. The number of hydrogen-bond acceptors (Lipinski definition) is 8. The summed E-state index contributed by atoms with van der Waals surface area (Å²) in [6.45, 7) is -0.0765. The first-order valence-corrected chi connectivity index (χ1v) is 10.2. The molecule has 0 heterocycles. The molecule has 29 heavy (non-hydrogen) atoms. The molecule has 0 spiro atoms. The normalized spacial score (nSPS) is 11.2. The summed E-state index contributed by atoms with van der Waals surface area (Å²) in [6, 6.07) is 7.00. The predicted octanol–water partition coefficient (Wildman–Crippen LogP) is 2.28. The summed E-state index contributed by atoms with van der Waals surface area (Å²) in [5.74, 6) is -1.64. The van der Waals surface area contributed by atoms with Crippen molar-refractivity contribution in [3.63, 3.8) is 0 Å². The highest BCUT2D eigenvalue weighted by Gasteiger charge is 2.18. The van der Waals surface area contributed by atoms with Crippen molar-refractivity contribution >= 4 is 15.9 Å². The van der Waals surface area contributed by atoms with E-state index in [0.717, 1.165) is 12.1 Å². The Bertz CT molecular complexity index is 960. The summed E-state index contributed by atoms with van der Waals surface area (Å²) >= 11 is 0. The number of carbonyl (C=O) groups excluding carboxylic acids is 1. The van der Waals surface area contributed by atoms with Crippen LogP contribution in [-0.2, 0) is 16.5 Å². The van der Waals surface area contributed by atoms with Crippen molar-refractivity contribution in [1.29, 1.82) is 0 Å². The minimum Gasteiger partial charge on any atom is -0.507 e. The van der Waals surface area contributed by atoms with Crippen LogP contribution in [0.5, 0.6) is 28.7 Å². The van der Waals surface area contributed by atoms with Crippen molar-refractivity contribution in [3.05, 3.63) is 41.5 Å². The zero-order chi connectivity index (χ0) is 21.6. The first-order chi connectivity index (χ1) is 13.6. The van der Waals surface area contributed by atoms with Gasteiger partial charge < -0.3 is 24.8 Å². The molecule has 2 aromatic rings. The molecule has 0 radical (unpaired) electrons. The van der Waals surface area contributed by atoms with Gasteiger partial charge in [0.05, 0.1) is 19.5 Å². The molecule has 4 N–H and O–H groups in total. The van der Waals surface area contributed by atoms with Crippen LogP contribution in [0.2, 0.25) is 0 Å². The zero-order valence-electron chi connectivity index (χ0n) is 15.7. The molecule has 0 aliphatic heterocycles. The summed E-state index contributed by atoms with van der Waals surface area (Å²) in [7, 11) is -2.67. The number of phenols is 3. The Morgan fingerprint density at radius 3 is 2.24 bits per heavy atom. The summed E-state index contributed by atoms with van der Waals surface area (Å²) < 4.78 is 40.1. The van der Waals surface area contributed by atoms with E-state index in [0.29, 0.717) is 11.3 Å². The number of aromatic hydroxyl groups is 3. The zero-order valence-corrected chi connectivity index (χ0v) is 16.5. The molecule has 10 heteroatoms. The Morgan fingerprint density at radius 1 is 1.03 bits per heavy atom. The Morgan fingerprint density at radius 2 is 1.69 bits per heavy atom. The van der Waals surface area contributed by atoms with Gasteiger partial charge in [0.1, 0.15) is 22.8 Å². The van der Waals surface area contributed by atoms with E-state index < -0.39 is 33.2 Å². The van der Waals surface area contributed by atoms with E-state index in [2.05, 4.69) is 0 Å². The van der Waals surface area contributed by atoms with Crippen LogP contribution in [0.3, 0.4) is 0 Å². The fraction of sp³-hybridized carbons (Fsp3) is 0.316. The fourth-order valence-electron chi connectivity index (χ4n) is 2.66. The molecule has 158 valence electrons. The number of ether oxygens (including phenoxy) is 2. The number of hydrogen-bond donors (Lipinski definition) is 4. The highest BCUT2D eigenvalue weighted by molar-refractivity contribution is 7.85. The number of aryl methyl sites for hydroxylation is 1. The van der Waals surface area contributed by atoms with Crippen LogP contribution in [0.25, 0.3) is 0 Å². The van der Waals surface area contributed by atoms with Crippen LogP contribution in [-0.4, -0.2) is 53.5 Å². The maximum atomic E-state index is 12.4. The maximum absolute atomic E-state index is 12.4. The van der Waals surface area contributed by atoms with Crippen molar-refractivity contribution in [2.24, 2.45) is 0 Å². The van der Waals surface area contributed by atoms with Gasteiger partial charge in [-0.2, -0.15) is 8.42 Å². The number of Topliss-reactive ketones (excluding diaryl/α,β-unsaturated/α-hetero) is 1. The van der Waals surface area contributed by atoms with E-state index in [1.54, 1.807) is 12.1 Å². The largest absolute Gasteiger partial charge is 0.507 e. The van der Waals surface area contributed by atoms with Gasteiger partial charge in [-0.05, 0) is 30.5 Å². The average Bonchev–Trinajstić information content (AvgIpc) is 2.62. The van der Waals surface area contributed by atoms with Gasteiger partial charge in [-0.1, -0.05) is 6.07 Å². The maximum Gasteiger partial charge on any atom is 0.264 e. The van der Waals surface area contributed by atoms with E-state index in [9.17, 15) is 28.5 Å². The first kappa shape index (κ1) is 22.3. The average molecular weight is 426 g/mol. The molecule has 0 unspecified atom stereocenters. The van der Waals surface area contributed by atoms with Gasteiger partial charge in [0.2, 0.25) is 0 Å². The Labute approximate surface area is 167 Å². The van der Waals surface area contributed by atoms with Crippen LogP contribution in [0, 0.1) is 0 Å². The fourth-order valence-corrected chi connectivity index (χ4v) is 3.14. The quantitative estimate of drug-likeness (QED) is 0.255. The summed E-state index contributed by atoms with van der Waals surface area (Å²) in [5, 5.41) is 29.9. The van der Waals surface area contributed by atoms with Crippen LogP contribution in [0.4, 0.5) is 0 Å². The van der Waals surface area contributed by atoms with Crippen molar-refractivity contribution in [3.8, 4) is 28.7 Å². The molecular weight excluding hydrogens is 404 g/mol.